The zero-order chi connectivity index (χ0) is 13.7. The van der Waals surface area contributed by atoms with E-state index >= 15 is 0 Å². The molecule has 0 aliphatic carbocycles. The molecule has 1 aliphatic heterocycles. The fourth-order valence-corrected chi connectivity index (χ4v) is 2.96. The third-order valence-corrected chi connectivity index (χ3v) is 4.09. The summed E-state index contributed by atoms with van der Waals surface area (Å²) in [5.74, 6) is 0. The van der Waals surface area contributed by atoms with Gasteiger partial charge in [0.2, 0.25) is 0 Å². The van der Waals surface area contributed by atoms with Crippen LogP contribution in [-0.4, -0.2) is 30.6 Å². The van der Waals surface area contributed by atoms with Crippen molar-refractivity contribution in [1.29, 1.82) is 0 Å². The first-order valence-corrected chi connectivity index (χ1v) is 7.70. The summed E-state index contributed by atoms with van der Waals surface area (Å²) in [4.78, 5) is 2.60. The number of nitrogens with one attached hydrogen (secondary N) is 1. The molecule has 1 heterocycles. The Hall–Kier alpha value is -0.860. The molecule has 0 aromatic heterocycles. The second-order valence-electron chi connectivity index (χ2n) is 6.06. The van der Waals surface area contributed by atoms with Gasteiger partial charge in [0.1, 0.15) is 0 Å². The van der Waals surface area contributed by atoms with E-state index in [4.69, 9.17) is 0 Å². The summed E-state index contributed by atoms with van der Waals surface area (Å²) in [6.45, 7) is 10.4. The third kappa shape index (κ3) is 4.63. The summed E-state index contributed by atoms with van der Waals surface area (Å²) in [5.41, 5.74) is 2.72. The number of nitrogens with zero attached hydrogens (tertiary/aromatic N) is 1. The Kier molecular flexibility index (Phi) is 5.41. The Balaban J connectivity index is 1.80. The van der Waals surface area contributed by atoms with Gasteiger partial charge >= 0.3 is 0 Å². The van der Waals surface area contributed by atoms with Gasteiger partial charge in [-0.2, -0.15) is 0 Å². The summed E-state index contributed by atoms with van der Waals surface area (Å²) >= 11 is 0. The maximum Gasteiger partial charge on any atom is 0.0294 e. The van der Waals surface area contributed by atoms with Gasteiger partial charge in [-0.1, -0.05) is 36.2 Å². The molecule has 0 radical (unpaired) electrons. The number of likely N-dealkylation sites (tertiary alicyclic amines) is 1. The standard InChI is InChI=1S/C17H28N2/c1-14-7-9-17(10-8-14)16(3)18-15(2)13-19-11-5-4-6-12-19/h7-10,15-16,18H,4-6,11-13H2,1-3H3. The quantitative estimate of drug-likeness (QED) is 0.871. The van der Waals surface area contributed by atoms with Gasteiger partial charge in [0.05, 0.1) is 0 Å². The molecule has 2 unspecified atom stereocenters. The van der Waals surface area contributed by atoms with E-state index in [-0.39, 0.29) is 0 Å². The SMILES string of the molecule is Cc1ccc(C(C)NC(C)CN2CCCCC2)cc1. The maximum absolute atomic E-state index is 3.72. The summed E-state index contributed by atoms with van der Waals surface area (Å²) in [7, 11) is 0. The van der Waals surface area contributed by atoms with Crippen molar-refractivity contribution in [1.82, 2.24) is 10.2 Å². The minimum atomic E-state index is 0.431. The Morgan fingerprint density at radius 3 is 2.32 bits per heavy atom. The Labute approximate surface area is 118 Å². The van der Waals surface area contributed by atoms with Crippen molar-refractivity contribution in [2.45, 2.75) is 52.1 Å². The van der Waals surface area contributed by atoms with Crippen molar-refractivity contribution >= 4 is 0 Å². The van der Waals surface area contributed by atoms with Crippen LogP contribution in [0.25, 0.3) is 0 Å². The van der Waals surface area contributed by atoms with Gasteiger partial charge in [0.15, 0.2) is 0 Å². The highest BCUT2D eigenvalue weighted by Gasteiger charge is 2.15. The van der Waals surface area contributed by atoms with E-state index in [0.717, 1.165) is 0 Å². The largest absolute Gasteiger partial charge is 0.306 e. The molecule has 2 rings (SSSR count). The molecule has 0 saturated carbocycles. The minimum absolute atomic E-state index is 0.431. The molecule has 1 aliphatic rings. The van der Waals surface area contributed by atoms with Crippen molar-refractivity contribution in [2.75, 3.05) is 19.6 Å². The fraction of sp³-hybridized carbons (Fsp3) is 0.647. The van der Waals surface area contributed by atoms with Crippen LogP contribution in [0.1, 0.15) is 50.3 Å². The highest BCUT2D eigenvalue weighted by molar-refractivity contribution is 5.23. The van der Waals surface area contributed by atoms with E-state index in [2.05, 4.69) is 55.3 Å². The van der Waals surface area contributed by atoms with Crippen LogP contribution in [0.3, 0.4) is 0 Å². The predicted molar refractivity (Wildman–Crippen MR) is 82.5 cm³/mol. The highest BCUT2D eigenvalue weighted by atomic mass is 15.2. The van der Waals surface area contributed by atoms with Crippen LogP contribution in [-0.2, 0) is 0 Å². The molecule has 1 aromatic carbocycles. The van der Waals surface area contributed by atoms with E-state index in [9.17, 15) is 0 Å². The second kappa shape index (κ2) is 7.06. The normalized spacial score (nSPS) is 20.2. The van der Waals surface area contributed by atoms with Gasteiger partial charge in [-0.25, -0.2) is 0 Å². The third-order valence-electron chi connectivity index (χ3n) is 4.09. The van der Waals surface area contributed by atoms with E-state index in [0.29, 0.717) is 12.1 Å². The average Bonchev–Trinajstić information content (AvgIpc) is 2.40. The lowest BCUT2D eigenvalue weighted by Crippen LogP contribution is -2.42. The first-order valence-electron chi connectivity index (χ1n) is 7.70. The van der Waals surface area contributed by atoms with Crippen LogP contribution in [0, 0.1) is 6.92 Å². The van der Waals surface area contributed by atoms with Gasteiger partial charge in [0, 0.05) is 18.6 Å². The molecule has 1 fully saturated rings. The predicted octanol–water partition coefficient (Wildman–Crippen LogP) is 3.52. The topological polar surface area (TPSA) is 15.3 Å². The summed E-state index contributed by atoms with van der Waals surface area (Å²) in [5, 5.41) is 3.72. The smallest absolute Gasteiger partial charge is 0.0294 e. The number of rotatable bonds is 5. The van der Waals surface area contributed by atoms with Crippen LogP contribution < -0.4 is 5.32 Å². The number of piperidine rings is 1. The van der Waals surface area contributed by atoms with E-state index in [1.54, 1.807) is 0 Å². The van der Waals surface area contributed by atoms with Crippen molar-refractivity contribution in [3.8, 4) is 0 Å². The molecule has 1 saturated heterocycles. The van der Waals surface area contributed by atoms with Crippen LogP contribution in [0.4, 0.5) is 0 Å². The number of hydrogen-bond donors (Lipinski definition) is 1. The number of aryl methyl sites for hydroxylation is 1. The first-order chi connectivity index (χ1) is 9.15. The van der Waals surface area contributed by atoms with Crippen molar-refractivity contribution in [3.63, 3.8) is 0 Å². The van der Waals surface area contributed by atoms with Gasteiger partial charge in [-0.15, -0.1) is 0 Å². The van der Waals surface area contributed by atoms with Crippen LogP contribution in [0.15, 0.2) is 24.3 Å². The van der Waals surface area contributed by atoms with Crippen LogP contribution in [0.5, 0.6) is 0 Å². The number of benzene rings is 1. The summed E-state index contributed by atoms with van der Waals surface area (Å²) in [6, 6.07) is 9.85. The van der Waals surface area contributed by atoms with Crippen LogP contribution in [0.2, 0.25) is 0 Å². The van der Waals surface area contributed by atoms with E-state index in [1.807, 2.05) is 0 Å². The van der Waals surface area contributed by atoms with Gasteiger partial charge in [0.25, 0.3) is 0 Å². The zero-order valence-corrected chi connectivity index (χ0v) is 12.7. The van der Waals surface area contributed by atoms with E-state index in [1.165, 1.54) is 50.0 Å². The molecule has 0 amide bonds. The Morgan fingerprint density at radius 1 is 1.05 bits per heavy atom. The van der Waals surface area contributed by atoms with Gasteiger partial charge in [-0.3, -0.25) is 0 Å². The molecule has 0 spiro atoms. The molecule has 2 nitrogen and oxygen atoms in total. The zero-order valence-electron chi connectivity index (χ0n) is 12.7. The molecular formula is C17H28N2. The maximum atomic E-state index is 3.72. The lowest BCUT2D eigenvalue weighted by molar-refractivity contribution is 0.205. The summed E-state index contributed by atoms with van der Waals surface area (Å²) < 4.78 is 0. The minimum Gasteiger partial charge on any atom is -0.306 e. The molecule has 2 atom stereocenters. The monoisotopic (exact) mass is 260 g/mol. The van der Waals surface area contributed by atoms with Crippen molar-refractivity contribution in [3.05, 3.63) is 35.4 Å². The Bertz CT molecular complexity index is 365. The second-order valence-corrected chi connectivity index (χ2v) is 6.06. The lowest BCUT2D eigenvalue weighted by atomic mass is 10.1. The van der Waals surface area contributed by atoms with Crippen molar-refractivity contribution < 1.29 is 0 Å². The summed E-state index contributed by atoms with van der Waals surface area (Å²) in [6.07, 6.45) is 4.17. The van der Waals surface area contributed by atoms with Gasteiger partial charge in [-0.05, 0) is 52.3 Å². The lowest BCUT2D eigenvalue weighted by Gasteiger charge is -2.30. The Morgan fingerprint density at radius 2 is 1.68 bits per heavy atom. The first kappa shape index (κ1) is 14.5. The van der Waals surface area contributed by atoms with Crippen LogP contribution >= 0.6 is 0 Å². The molecule has 1 N–H and O–H groups in total. The molecule has 0 bridgehead atoms. The highest BCUT2D eigenvalue weighted by Crippen LogP contribution is 2.15. The molecular weight excluding hydrogens is 232 g/mol. The number of hydrogen-bond acceptors (Lipinski definition) is 2. The average molecular weight is 260 g/mol. The van der Waals surface area contributed by atoms with Crippen molar-refractivity contribution in [2.24, 2.45) is 0 Å². The molecule has 2 heteroatoms. The fourth-order valence-electron chi connectivity index (χ4n) is 2.96. The molecule has 1 aromatic rings. The van der Waals surface area contributed by atoms with Gasteiger partial charge < -0.3 is 10.2 Å². The molecule has 106 valence electrons. The van der Waals surface area contributed by atoms with E-state index < -0.39 is 0 Å². The molecule has 19 heavy (non-hydrogen) atoms.